The maximum Gasteiger partial charge on any atom is 0.0361 e. The molecule has 0 atom stereocenters. The van der Waals surface area contributed by atoms with Gasteiger partial charge in [-0.1, -0.05) is 101 Å². The second kappa shape index (κ2) is 6.91. The first kappa shape index (κ1) is 19.1. The van der Waals surface area contributed by atoms with E-state index in [0.29, 0.717) is 0 Å². The Balaban J connectivity index is 1.43. The van der Waals surface area contributed by atoms with Crippen molar-refractivity contribution < 1.29 is 0 Å². The second-order valence-corrected chi connectivity index (χ2v) is 11.3. The Labute approximate surface area is 210 Å². The van der Waals surface area contributed by atoms with Gasteiger partial charge in [0.25, 0.3) is 0 Å². The third-order valence-electron chi connectivity index (χ3n) is 7.74. The molecule has 0 radical (unpaired) electrons. The van der Waals surface area contributed by atoms with E-state index in [1.165, 1.54) is 69.2 Å². The summed E-state index contributed by atoms with van der Waals surface area (Å²) in [5.41, 5.74) is 11.4. The Morgan fingerprint density at radius 1 is 0.529 bits per heavy atom. The lowest BCUT2D eigenvalue weighted by Crippen LogP contribution is -2.28. The van der Waals surface area contributed by atoms with Crippen molar-refractivity contribution in [2.75, 3.05) is 0 Å². The van der Waals surface area contributed by atoms with Gasteiger partial charge >= 0.3 is 0 Å². The normalized spacial score (nSPS) is 17.6. The van der Waals surface area contributed by atoms with E-state index in [9.17, 15) is 0 Å². The first-order chi connectivity index (χ1) is 16.8. The van der Waals surface area contributed by atoms with E-state index in [2.05, 4.69) is 119 Å². The Hall–Kier alpha value is -3.20. The lowest BCUT2D eigenvalue weighted by molar-refractivity contribution is 0.752. The molecule has 2 heteroatoms. The predicted octanol–water partition coefficient (Wildman–Crippen LogP) is 9.47. The Morgan fingerprint density at radius 3 is 1.82 bits per heavy atom. The van der Waals surface area contributed by atoms with Crippen LogP contribution in [0, 0.1) is 0 Å². The number of thiophene rings is 1. The number of halogens is 1. The maximum absolute atomic E-state index is 3.96. The van der Waals surface area contributed by atoms with Crippen LogP contribution in [-0.2, 0) is 0 Å². The molecule has 160 valence electrons. The number of rotatable bonds is 1. The summed E-state index contributed by atoms with van der Waals surface area (Å²) in [7, 11) is 0. The summed E-state index contributed by atoms with van der Waals surface area (Å²) in [4.78, 5) is 0. The SMILES string of the molecule is Brc1ccc(-c2ccc3c(c2)sc2ccccc23)c2c1C1c3ccccc3C2c2ccccc21. The molecule has 0 saturated heterocycles. The molecule has 5 aromatic carbocycles. The van der Waals surface area contributed by atoms with Gasteiger partial charge in [-0.05, 0) is 62.7 Å². The molecule has 0 amide bonds. The van der Waals surface area contributed by atoms with Crippen LogP contribution in [0.25, 0.3) is 31.3 Å². The minimum absolute atomic E-state index is 0.262. The molecular weight excluding hydrogens is 496 g/mol. The van der Waals surface area contributed by atoms with E-state index in [1.807, 2.05) is 11.3 Å². The first-order valence-corrected chi connectivity index (χ1v) is 13.3. The van der Waals surface area contributed by atoms with Crippen LogP contribution in [0.3, 0.4) is 0 Å². The molecule has 3 aliphatic carbocycles. The molecule has 9 rings (SSSR count). The smallest absolute Gasteiger partial charge is 0.0361 e. The number of benzene rings is 5. The summed E-state index contributed by atoms with van der Waals surface area (Å²) < 4.78 is 3.93. The highest BCUT2D eigenvalue weighted by atomic mass is 79.9. The van der Waals surface area contributed by atoms with Crippen molar-refractivity contribution >= 4 is 47.4 Å². The summed E-state index contributed by atoms with van der Waals surface area (Å²) in [5, 5.41) is 2.71. The topological polar surface area (TPSA) is 0 Å². The molecule has 1 heterocycles. The molecular formula is C32H19BrS. The van der Waals surface area contributed by atoms with Gasteiger partial charge in [0.2, 0.25) is 0 Å². The van der Waals surface area contributed by atoms with Crippen LogP contribution in [-0.4, -0.2) is 0 Å². The van der Waals surface area contributed by atoms with E-state index < -0.39 is 0 Å². The van der Waals surface area contributed by atoms with Crippen LogP contribution in [0.1, 0.15) is 45.2 Å². The minimum Gasteiger partial charge on any atom is -0.135 e. The predicted molar refractivity (Wildman–Crippen MR) is 147 cm³/mol. The van der Waals surface area contributed by atoms with E-state index in [1.54, 1.807) is 0 Å². The third kappa shape index (κ3) is 2.43. The van der Waals surface area contributed by atoms with Gasteiger partial charge in [-0.25, -0.2) is 0 Å². The summed E-state index contributed by atoms with van der Waals surface area (Å²) >= 11 is 5.85. The van der Waals surface area contributed by atoms with Gasteiger partial charge in [0.05, 0.1) is 0 Å². The highest BCUT2D eigenvalue weighted by Crippen LogP contribution is 2.59. The Bertz CT molecular complexity index is 1740. The molecule has 2 bridgehead atoms. The molecule has 1 aromatic heterocycles. The van der Waals surface area contributed by atoms with Crippen molar-refractivity contribution in [3.8, 4) is 11.1 Å². The lowest BCUT2D eigenvalue weighted by Gasteiger charge is -2.43. The van der Waals surface area contributed by atoms with Crippen LogP contribution >= 0.6 is 27.3 Å². The zero-order chi connectivity index (χ0) is 22.4. The Kier molecular flexibility index (Phi) is 3.89. The van der Waals surface area contributed by atoms with E-state index in [0.717, 1.165) is 0 Å². The summed E-state index contributed by atoms with van der Waals surface area (Å²) in [5.74, 6) is 0.535. The van der Waals surface area contributed by atoms with E-state index in [4.69, 9.17) is 0 Å². The molecule has 0 fully saturated rings. The monoisotopic (exact) mass is 514 g/mol. The van der Waals surface area contributed by atoms with Gasteiger partial charge in [0, 0.05) is 36.5 Å². The zero-order valence-corrected chi connectivity index (χ0v) is 20.7. The van der Waals surface area contributed by atoms with Crippen molar-refractivity contribution in [3.63, 3.8) is 0 Å². The van der Waals surface area contributed by atoms with Crippen molar-refractivity contribution in [2.24, 2.45) is 0 Å². The molecule has 0 unspecified atom stereocenters. The maximum atomic E-state index is 3.96. The number of hydrogen-bond donors (Lipinski definition) is 0. The molecule has 0 nitrogen and oxygen atoms in total. The first-order valence-electron chi connectivity index (χ1n) is 11.7. The van der Waals surface area contributed by atoms with Gasteiger partial charge in [-0.2, -0.15) is 0 Å². The summed E-state index contributed by atoms with van der Waals surface area (Å²) in [6, 6.07) is 38.5. The molecule has 3 aliphatic rings. The van der Waals surface area contributed by atoms with Crippen molar-refractivity contribution in [1.82, 2.24) is 0 Å². The Morgan fingerprint density at radius 2 is 1.12 bits per heavy atom. The van der Waals surface area contributed by atoms with Gasteiger partial charge in [-0.3, -0.25) is 0 Å². The quantitative estimate of drug-likeness (QED) is 0.204. The van der Waals surface area contributed by atoms with E-state index >= 15 is 0 Å². The van der Waals surface area contributed by atoms with Gasteiger partial charge in [-0.15, -0.1) is 11.3 Å². The van der Waals surface area contributed by atoms with Crippen molar-refractivity contribution in [1.29, 1.82) is 0 Å². The largest absolute Gasteiger partial charge is 0.135 e. The molecule has 6 aromatic rings. The fourth-order valence-electron chi connectivity index (χ4n) is 6.39. The molecule has 0 spiro atoms. The standard InChI is InChI=1S/C32H19BrS/c33-26-16-15-19(18-13-14-21-20-7-5-6-12-27(20)34-28(21)17-18)31-29-22-8-1-3-10-24(22)30(32(26)31)25-11-4-2-9-23(25)29/h1-17,29-30H. The highest BCUT2D eigenvalue weighted by Gasteiger charge is 2.43. The second-order valence-electron chi connectivity index (χ2n) is 9.36. The van der Waals surface area contributed by atoms with Gasteiger partial charge in [0.15, 0.2) is 0 Å². The third-order valence-corrected chi connectivity index (χ3v) is 9.56. The lowest BCUT2D eigenvalue weighted by atomic mass is 9.60. The zero-order valence-electron chi connectivity index (χ0n) is 18.3. The van der Waals surface area contributed by atoms with Gasteiger partial charge < -0.3 is 0 Å². The molecule has 0 aliphatic heterocycles. The average molecular weight is 515 g/mol. The van der Waals surface area contributed by atoms with Crippen LogP contribution in [0.2, 0.25) is 0 Å². The fraction of sp³-hybridized carbons (Fsp3) is 0.0625. The molecule has 0 N–H and O–H groups in total. The van der Waals surface area contributed by atoms with Crippen LogP contribution in [0.15, 0.2) is 108 Å². The number of fused-ring (bicyclic) bond motifs is 3. The van der Waals surface area contributed by atoms with Crippen molar-refractivity contribution in [2.45, 2.75) is 11.8 Å². The molecule has 34 heavy (non-hydrogen) atoms. The fourth-order valence-corrected chi connectivity index (χ4v) is 8.11. The number of hydrogen-bond acceptors (Lipinski definition) is 1. The van der Waals surface area contributed by atoms with Crippen LogP contribution < -0.4 is 0 Å². The average Bonchev–Trinajstić information content (AvgIpc) is 3.26. The summed E-state index contributed by atoms with van der Waals surface area (Å²) in [6.07, 6.45) is 0. The summed E-state index contributed by atoms with van der Waals surface area (Å²) in [6.45, 7) is 0. The van der Waals surface area contributed by atoms with Crippen LogP contribution in [0.4, 0.5) is 0 Å². The highest BCUT2D eigenvalue weighted by molar-refractivity contribution is 9.10. The minimum atomic E-state index is 0.262. The molecule has 0 saturated carbocycles. The van der Waals surface area contributed by atoms with Gasteiger partial charge in [0.1, 0.15) is 0 Å². The van der Waals surface area contributed by atoms with Crippen LogP contribution in [0.5, 0.6) is 0 Å². The van der Waals surface area contributed by atoms with Crippen molar-refractivity contribution in [3.05, 3.63) is 141 Å². The van der Waals surface area contributed by atoms with E-state index in [-0.39, 0.29) is 11.8 Å².